The number of benzene rings is 2. The fourth-order valence-electron chi connectivity index (χ4n) is 3.71. The molecule has 4 rings (SSSR count). The van der Waals surface area contributed by atoms with Crippen molar-refractivity contribution in [3.8, 4) is 5.75 Å². The van der Waals surface area contributed by atoms with Crippen molar-refractivity contribution in [3.63, 3.8) is 0 Å². The first-order valence-corrected chi connectivity index (χ1v) is 9.08. The third-order valence-electron chi connectivity index (χ3n) is 4.97. The molecule has 2 amide bonds. The smallest absolute Gasteiger partial charge is 0.227 e. The lowest BCUT2D eigenvalue weighted by atomic mass is 10.1. The van der Waals surface area contributed by atoms with Crippen molar-refractivity contribution in [3.05, 3.63) is 54.1 Å². The molecule has 2 aliphatic heterocycles. The van der Waals surface area contributed by atoms with E-state index in [1.165, 1.54) is 5.56 Å². The van der Waals surface area contributed by atoms with Crippen LogP contribution in [0.2, 0.25) is 0 Å². The van der Waals surface area contributed by atoms with Crippen molar-refractivity contribution >= 4 is 23.2 Å². The van der Waals surface area contributed by atoms with Crippen molar-refractivity contribution in [1.29, 1.82) is 0 Å². The fraction of sp³-hybridized carbons (Fsp3) is 0.333. The summed E-state index contributed by atoms with van der Waals surface area (Å²) in [7, 11) is 0. The Morgan fingerprint density at radius 1 is 0.962 bits per heavy atom. The second kappa shape index (κ2) is 6.83. The molecule has 5 heteroatoms. The van der Waals surface area contributed by atoms with Gasteiger partial charge in [-0.05, 0) is 37.1 Å². The summed E-state index contributed by atoms with van der Waals surface area (Å²) >= 11 is 0. The Bertz CT molecular complexity index is 849. The zero-order valence-corrected chi connectivity index (χ0v) is 14.9. The second-order valence-corrected chi connectivity index (χ2v) is 6.82. The van der Waals surface area contributed by atoms with Gasteiger partial charge in [-0.3, -0.25) is 9.59 Å². The van der Waals surface area contributed by atoms with E-state index < -0.39 is 0 Å². The Labute approximate surface area is 153 Å². The van der Waals surface area contributed by atoms with E-state index in [0.717, 1.165) is 23.5 Å². The SMILES string of the molecule is CC1CN(C(=O)CCC(=O)N2CCc3ccccc32)c2ccccc2O1. The zero-order valence-electron chi connectivity index (χ0n) is 14.9. The highest BCUT2D eigenvalue weighted by Crippen LogP contribution is 2.33. The number of carbonyl (C=O) groups is 2. The van der Waals surface area contributed by atoms with E-state index in [-0.39, 0.29) is 30.8 Å². The number of hydrogen-bond donors (Lipinski definition) is 0. The Morgan fingerprint density at radius 2 is 1.62 bits per heavy atom. The van der Waals surface area contributed by atoms with Gasteiger partial charge < -0.3 is 14.5 Å². The van der Waals surface area contributed by atoms with Gasteiger partial charge in [0.15, 0.2) is 0 Å². The minimum atomic E-state index is -0.0602. The first-order valence-electron chi connectivity index (χ1n) is 9.08. The number of ether oxygens (including phenoxy) is 1. The van der Waals surface area contributed by atoms with Crippen LogP contribution in [0.3, 0.4) is 0 Å². The highest BCUT2D eigenvalue weighted by molar-refractivity contribution is 6.00. The van der Waals surface area contributed by atoms with Crippen molar-refractivity contribution in [2.45, 2.75) is 32.3 Å². The van der Waals surface area contributed by atoms with E-state index in [9.17, 15) is 9.59 Å². The summed E-state index contributed by atoms with van der Waals surface area (Å²) in [5.74, 6) is 0.700. The number of carbonyl (C=O) groups excluding carboxylic acids is 2. The van der Waals surface area contributed by atoms with Gasteiger partial charge in [0.2, 0.25) is 11.8 Å². The molecule has 1 atom stereocenters. The molecule has 134 valence electrons. The Kier molecular flexibility index (Phi) is 4.37. The molecule has 26 heavy (non-hydrogen) atoms. The lowest BCUT2D eigenvalue weighted by molar-refractivity contribution is -0.124. The number of para-hydroxylation sites is 3. The second-order valence-electron chi connectivity index (χ2n) is 6.82. The predicted octanol–water partition coefficient (Wildman–Crippen LogP) is 3.17. The number of amides is 2. The summed E-state index contributed by atoms with van der Waals surface area (Å²) in [6, 6.07) is 15.5. The van der Waals surface area contributed by atoms with Crippen LogP contribution in [-0.2, 0) is 16.0 Å². The summed E-state index contributed by atoms with van der Waals surface area (Å²) in [5, 5.41) is 0. The lowest BCUT2D eigenvalue weighted by Gasteiger charge is -2.33. The van der Waals surface area contributed by atoms with E-state index in [0.29, 0.717) is 13.1 Å². The van der Waals surface area contributed by atoms with Crippen LogP contribution in [0.4, 0.5) is 11.4 Å². The molecule has 2 aromatic rings. The molecular weight excluding hydrogens is 328 g/mol. The maximum absolute atomic E-state index is 12.8. The largest absolute Gasteiger partial charge is 0.487 e. The topological polar surface area (TPSA) is 49.9 Å². The van der Waals surface area contributed by atoms with Crippen molar-refractivity contribution < 1.29 is 14.3 Å². The van der Waals surface area contributed by atoms with Gasteiger partial charge in [-0.1, -0.05) is 30.3 Å². The van der Waals surface area contributed by atoms with E-state index >= 15 is 0 Å². The minimum Gasteiger partial charge on any atom is -0.487 e. The molecular formula is C21H22N2O3. The molecule has 0 bridgehead atoms. The zero-order chi connectivity index (χ0) is 18.1. The molecule has 0 saturated heterocycles. The minimum absolute atomic E-state index is 0.0119. The molecule has 0 saturated carbocycles. The maximum atomic E-state index is 12.8. The summed E-state index contributed by atoms with van der Waals surface area (Å²) in [6.07, 6.45) is 1.25. The van der Waals surface area contributed by atoms with Crippen molar-refractivity contribution in [2.75, 3.05) is 22.9 Å². The van der Waals surface area contributed by atoms with E-state index in [4.69, 9.17) is 4.74 Å². The number of hydrogen-bond acceptors (Lipinski definition) is 3. The van der Waals surface area contributed by atoms with Gasteiger partial charge in [-0.15, -0.1) is 0 Å². The van der Waals surface area contributed by atoms with Crippen LogP contribution in [-0.4, -0.2) is 31.0 Å². The molecule has 0 spiro atoms. The van der Waals surface area contributed by atoms with Crippen molar-refractivity contribution in [1.82, 2.24) is 0 Å². The first kappa shape index (κ1) is 16.6. The molecule has 0 radical (unpaired) electrons. The van der Waals surface area contributed by atoms with Crippen LogP contribution in [0.15, 0.2) is 48.5 Å². The lowest BCUT2D eigenvalue weighted by Crippen LogP contribution is -2.42. The fourth-order valence-corrected chi connectivity index (χ4v) is 3.71. The molecule has 2 aromatic carbocycles. The van der Waals surface area contributed by atoms with Gasteiger partial charge in [0, 0.05) is 25.1 Å². The average molecular weight is 350 g/mol. The summed E-state index contributed by atoms with van der Waals surface area (Å²) < 4.78 is 5.79. The molecule has 2 aliphatic rings. The Hall–Kier alpha value is -2.82. The number of nitrogens with zero attached hydrogens (tertiary/aromatic N) is 2. The van der Waals surface area contributed by atoms with Crippen LogP contribution in [0, 0.1) is 0 Å². The molecule has 0 aromatic heterocycles. The summed E-state index contributed by atoms with van der Waals surface area (Å²) in [4.78, 5) is 29.0. The molecule has 0 fully saturated rings. The summed E-state index contributed by atoms with van der Waals surface area (Å²) in [5.41, 5.74) is 2.97. The molecule has 2 heterocycles. The van der Waals surface area contributed by atoms with E-state index in [1.54, 1.807) is 9.80 Å². The van der Waals surface area contributed by atoms with Gasteiger partial charge >= 0.3 is 0 Å². The first-order chi connectivity index (χ1) is 12.6. The third kappa shape index (κ3) is 3.05. The van der Waals surface area contributed by atoms with Gasteiger partial charge in [0.05, 0.1) is 12.2 Å². The summed E-state index contributed by atoms with van der Waals surface area (Å²) in [6.45, 7) is 3.16. The van der Waals surface area contributed by atoms with Crippen molar-refractivity contribution in [2.24, 2.45) is 0 Å². The van der Waals surface area contributed by atoms with Crippen LogP contribution in [0.5, 0.6) is 5.75 Å². The van der Waals surface area contributed by atoms with Gasteiger partial charge in [-0.2, -0.15) is 0 Å². The highest BCUT2D eigenvalue weighted by atomic mass is 16.5. The monoisotopic (exact) mass is 350 g/mol. The molecule has 1 unspecified atom stereocenters. The number of rotatable bonds is 3. The third-order valence-corrected chi connectivity index (χ3v) is 4.97. The highest BCUT2D eigenvalue weighted by Gasteiger charge is 2.29. The van der Waals surface area contributed by atoms with Crippen LogP contribution < -0.4 is 14.5 Å². The van der Waals surface area contributed by atoms with Gasteiger partial charge in [0.25, 0.3) is 0 Å². The molecule has 0 N–H and O–H groups in total. The standard InChI is InChI=1S/C21H22N2O3/c1-15-14-23(18-8-4-5-9-19(18)26-15)21(25)11-10-20(24)22-13-12-16-6-2-3-7-17(16)22/h2-9,15H,10-14H2,1H3. The van der Waals surface area contributed by atoms with Gasteiger partial charge in [0.1, 0.15) is 11.9 Å². The number of fused-ring (bicyclic) bond motifs is 2. The van der Waals surface area contributed by atoms with Gasteiger partial charge in [-0.25, -0.2) is 0 Å². The molecule has 0 aliphatic carbocycles. The Morgan fingerprint density at radius 3 is 2.42 bits per heavy atom. The van der Waals surface area contributed by atoms with Crippen LogP contribution in [0.1, 0.15) is 25.3 Å². The maximum Gasteiger partial charge on any atom is 0.227 e. The van der Waals surface area contributed by atoms with E-state index in [1.807, 2.05) is 49.4 Å². The van der Waals surface area contributed by atoms with Crippen LogP contribution in [0.25, 0.3) is 0 Å². The average Bonchev–Trinajstić information content (AvgIpc) is 3.09. The van der Waals surface area contributed by atoms with E-state index in [2.05, 4.69) is 6.07 Å². The predicted molar refractivity (Wildman–Crippen MR) is 101 cm³/mol. The normalized spacial score (nSPS) is 18.1. The number of anilines is 2. The Balaban J connectivity index is 1.43. The van der Waals surface area contributed by atoms with Crippen LogP contribution >= 0.6 is 0 Å². The molecule has 5 nitrogen and oxygen atoms in total. The quantitative estimate of drug-likeness (QED) is 0.854.